The van der Waals surface area contributed by atoms with Gasteiger partial charge in [0.15, 0.2) is 11.6 Å². The van der Waals surface area contributed by atoms with Crippen LogP contribution in [0.4, 0.5) is 5.82 Å². The first-order chi connectivity index (χ1) is 8.88. The normalized spacial score (nSPS) is 27.1. The second-order valence-corrected chi connectivity index (χ2v) is 5.13. The van der Waals surface area contributed by atoms with Gasteiger partial charge in [0.25, 0.3) is 0 Å². The van der Waals surface area contributed by atoms with Crippen LogP contribution in [-0.4, -0.2) is 37.3 Å². The molecule has 1 aromatic rings. The maximum absolute atomic E-state index is 5.68. The lowest BCUT2D eigenvalue weighted by Crippen LogP contribution is -2.40. The first kappa shape index (κ1) is 11.8. The number of hydrogen-bond acceptors (Lipinski definition) is 4. The minimum atomic E-state index is 0.634. The Morgan fingerprint density at radius 1 is 1.50 bits per heavy atom. The van der Waals surface area contributed by atoms with E-state index in [9.17, 15) is 0 Å². The van der Waals surface area contributed by atoms with E-state index in [1.165, 1.54) is 12.8 Å². The zero-order valence-corrected chi connectivity index (χ0v) is 10.9. The van der Waals surface area contributed by atoms with Gasteiger partial charge in [-0.15, -0.1) is 0 Å². The van der Waals surface area contributed by atoms with Crippen molar-refractivity contribution in [3.8, 4) is 5.75 Å². The van der Waals surface area contributed by atoms with Gasteiger partial charge in [0.1, 0.15) is 0 Å². The molecule has 0 saturated carbocycles. The molecule has 3 heterocycles. The van der Waals surface area contributed by atoms with Crippen LogP contribution in [0.5, 0.6) is 5.75 Å². The van der Waals surface area contributed by atoms with E-state index >= 15 is 0 Å². The van der Waals surface area contributed by atoms with Crippen molar-refractivity contribution in [2.24, 2.45) is 5.92 Å². The molecule has 4 nitrogen and oxygen atoms in total. The van der Waals surface area contributed by atoms with Gasteiger partial charge < -0.3 is 15.0 Å². The molecule has 2 fully saturated rings. The Morgan fingerprint density at radius 2 is 2.44 bits per heavy atom. The van der Waals surface area contributed by atoms with Crippen molar-refractivity contribution in [3.05, 3.63) is 18.3 Å². The third-order valence-electron chi connectivity index (χ3n) is 3.95. The molecule has 0 aliphatic carbocycles. The number of rotatable bonds is 3. The summed E-state index contributed by atoms with van der Waals surface area (Å²) in [4.78, 5) is 6.88. The largest absolute Gasteiger partial charge is 0.490 e. The summed E-state index contributed by atoms with van der Waals surface area (Å²) in [5.41, 5.74) is 0. The number of piperidine rings is 1. The fourth-order valence-electron chi connectivity index (χ4n) is 3.11. The zero-order chi connectivity index (χ0) is 12.4. The Bertz CT molecular complexity index is 396. The molecule has 18 heavy (non-hydrogen) atoms. The van der Waals surface area contributed by atoms with Gasteiger partial charge in [-0.25, -0.2) is 4.98 Å². The average Bonchev–Trinajstić information content (AvgIpc) is 2.83. The van der Waals surface area contributed by atoms with Crippen molar-refractivity contribution in [2.75, 3.05) is 31.1 Å². The summed E-state index contributed by atoms with van der Waals surface area (Å²) >= 11 is 0. The van der Waals surface area contributed by atoms with Gasteiger partial charge in [0.2, 0.25) is 0 Å². The van der Waals surface area contributed by atoms with Crippen molar-refractivity contribution >= 4 is 5.82 Å². The third-order valence-corrected chi connectivity index (χ3v) is 3.95. The quantitative estimate of drug-likeness (QED) is 0.881. The number of anilines is 1. The van der Waals surface area contributed by atoms with Crippen LogP contribution in [0.15, 0.2) is 18.3 Å². The number of ether oxygens (including phenoxy) is 1. The molecule has 2 atom stereocenters. The summed E-state index contributed by atoms with van der Waals surface area (Å²) in [6, 6.07) is 4.59. The molecular weight excluding hydrogens is 226 g/mol. The zero-order valence-electron chi connectivity index (χ0n) is 10.9. The SMILES string of the molecule is CCOc1cccnc1N1C[C@@H]2CCCN[C@@H]2C1. The van der Waals surface area contributed by atoms with E-state index in [0.717, 1.165) is 37.1 Å². The fourth-order valence-corrected chi connectivity index (χ4v) is 3.11. The predicted octanol–water partition coefficient (Wildman–Crippen LogP) is 1.67. The maximum atomic E-state index is 5.68. The molecule has 4 heteroatoms. The summed E-state index contributed by atoms with van der Waals surface area (Å²) in [5, 5.41) is 3.62. The fraction of sp³-hybridized carbons (Fsp3) is 0.643. The highest BCUT2D eigenvalue weighted by molar-refractivity contribution is 5.53. The van der Waals surface area contributed by atoms with Gasteiger partial charge in [-0.2, -0.15) is 0 Å². The Morgan fingerprint density at radius 3 is 3.28 bits per heavy atom. The van der Waals surface area contributed by atoms with E-state index in [2.05, 4.69) is 15.2 Å². The molecule has 2 aliphatic heterocycles. The number of aromatic nitrogens is 1. The van der Waals surface area contributed by atoms with E-state index < -0.39 is 0 Å². The standard InChI is InChI=1S/C14H21N3O/c1-2-18-13-6-4-8-16-14(13)17-9-11-5-3-7-15-12(11)10-17/h4,6,8,11-12,15H,2-3,5,7,9-10H2,1H3/t11-,12+/m0/s1. The van der Waals surface area contributed by atoms with E-state index in [4.69, 9.17) is 4.74 Å². The molecule has 98 valence electrons. The number of pyridine rings is 1. The maximum Gasteiger partial charge on any atom is 0.171 e. The summed E-state index contributed by atoms with van der Waals surface area (Å²) in [6.07, 6.45) is 4.49. The minimum Gasteiger partial charge on any atom is -0.490 e. The van der Waals surface area contributed by atoms with E-state index in [0.29, 0.717) is 12.6 Å². The molecule has 0 aromatic carbocycles. The van der Waals surface area contributed by atoms with Crippen LogP contribution in [0.1, 0.15) is 19.8 Å². The molecule has 2 aliphatic rings. The minimum absolute atomic E-state index is 0.634. The second-order valence-electron chi connectivity index (χ2n) is 5.13. The van der Waals surface area contributed by atoms with Crippen LogP contribution >= 0.6 is 0 Å². The van der Waals surface area contributed by atoms with Gasteiger partial charge in [-0.05, 0) is 44.4 Å². The predicted molar refractivity (Wildman–Crippen MR) is 72.1 cm³/mol. The van der Waals surface area contributed by atoms with Crippen molar-refractivity contribution in [1.82, 2.24) is 10.3 Å². The smallest absolute Gasteiger partial charge is 0.171 e. The van der Waals surface area contributed by atoms with Gasteiger partial charge in [-0.3, -0.25) is 0 Å². The summed E-state index contributed by atoms with van der Waals surface area (Å²) in [5.74, 6) is 2.70. The van der Waals surface area contributed by atoms with E-state index in [1.54, 1.807) is 0 Å². The van der Waals surface area contributed by atoms with Gasteiger partial charge in [-0.1, -0.05) is 0 Å². The number of nitrogens with one attached hydrogen (secondary N) is 1. The topological polar surface area (TPSA) is 37.4 Å². The number of fused-ring (bicyclic) bond motifs is 1. The summed E-state index contributed by atoms with van der Waals surface area (Å²) in [7, 11) is 0. The van der Waals surface area contributed by atoms with Crippen LogP contribution < -0.4 is 15.0 Å². The molecule has 3 rings (SSSR count). The van der Waals surface area contributed by atoms with Crippen LogP contribution in [-0.2, 0) is 0 Å². The molecule has 1 aromatic heterocycles. The first-order valence-corrected chi connectivity index (χ1v) is 6.94. The molecule has 0 amide bonds. The van der Waals surface area contributed by atoms with Crippen molar-refractivity contribution < 1.29 is 4.74 Å². The lowest BCUT2D eigenvalue weighted by Gasteiger charge is -2.24. The average molecular weight is 247 g/mol. The van der Waals surface area contributed by atoms with E-state index in [1.807, 2.05) is 25.3 Å². The first-order valence-electron chi connectivity index (χ1n) is 6.94. The lowest BCUT2D eigenvalue weighted by molar-refractivity contribution is 0.338. The second kappa shape index (κ2) is 5.14. The third kappa shape index (κ3) is 2.17. The number of hydrogen-bond donors (Lipinski definition) is 1. The van der Waals surface area contributed by atoms with Crippen LogP contribution in [0.2, 0.25) is 0 Å². The highest BCUT2D eigenvalue weighted by atomic mass is 16.5. The molecule has 2 saturated heterocycles. The molecule has 0 spiro atoms. The Hall–Kier alpha value is -1.29. The molecule has 0 unspecified atom stereocenters. The van der Waals surface area contributed by atoms with Crippen LogP contribution in [0.25, 0.3) is 0 Å². The molecular formula is C14H21N3O. The van der Waals surface area contributed by atoms with Gasteiger partial charge >= 0.3 is 0 Å². The highest BCUT2D eigenvalue weighted by Crippen LogP contribution is 2.32. The Balaban J connectivity index is 1.79. The van der Waals surface area contributed by atoms with Crippen LogP contribution in [0.3, 0.4) is 0 Å². The Labute approximate surface area is 108 Å². The summed E-state index contributed by atoms with van der Waals surface area (Å²) < 4.78 is 5.68. The monoisotopic (exact) mass is 247 g/mol. The van der Waals surface area contributed by atoms with Crippen molar-refractivity contribution in [2.45, 2.75) is 25.8 Å². The van der Waals surface area contributed by atoms with Crippen molar-refractivity contribution in [1.29, 1.82) is 0 Å². The van der Waals surface area contributed by atoms with Gasteiger partial charge in [0.05, 0.1) is 6.61 Å². The van der Waals surface area contributed by atoms with Gasteiger partial charge in [0, 0.05) is 25.3 Å². The van der Waals surface area contributed by atoms with Crippen molar-refractivity contribution in [3.63, 3.8) is 0 Å². The highest BCUT2D eigenvalue weighted by Gasteiger charge is 2.35. The summed E-state index contributed by atoms with van der Waals surface area (Å²) in [6.45, 7) is 6.03. The lowest BCUT2D eigenvalue weighted by atomic mass is 9.94. The molecule has 0 radical (unpaired) electrons. The molecule has 0 bridgehead atoms. The van der Waals surface area contributed by atoms with Crippen LogP contribution in [0, 0.1) is 5.92 Å². The molecule has 1 N–H and O–H groups in total. The Kier molecular flexibility index (Phi) is 3.37. The number of nitrogens with zero attached hydrogens (tertiary/aromatic N) is 2. The van der Waals surface area contributed by atoms with E-state index in [-0.39, 0.29) is 0 Å².